The number of benzene rings is 2. The van der Waals surface area contributed by atoms with Crippen LogP contribution in [0.25, 0.3) is 10.9 Å². The summed E-state index contributed by atoms with van der Waals surface area (Å²) in [5.74, 6) is -4.36. The SMILES string of the molecule is CCOC(=O)CS(=O)(=O)c1ccc([C@@H](CO)NC(=O)c2cc3c(F)c(F)c(C)cc3n2C)cc1. The minimum Gasteiger partial charge on any atom is -0.465 e. The summed E-state index contributed by atoms with van der Waals surface area (Å²) >= 11 is 0. The van der Waals surface area contributed by atoms with Gasteiger partial charge < -0.3 is 19.7 Å². The molecule has 0 saturated heterocycles. The van der Waals surface area contributed by atoms with Crippen molar-refractivity contribution in [3.8, 4) is 0 Å². The number of halogens is 2. The van der Waals surface area contributed by atoms with Crippen molar-refractivity contribution in [2.45, 2.75) is 24.8 Å². The van der Waals surface area contributed by atoms with Gasteiger partial charge in [0, 0.05) is 12.4 Å². The Morgan fingerprint density at radius 3 is 2.38 bits per heavy atom. The van der Waals surface area contributed by atoms with Crippen LogP contribution in [0.3, 0.4) is 0 Å². The number of sulfone groups is 1. The Morgan fingerprint density at radius 1 is 1.15 bits per heavy atom. The monoisotopic (exact) mass is 494 g/mol. The molecule has 0 spiro atoms. The first-order valence-corrected chi connectivity index (χ1v) is 12.0. The van der Waals surface area contributed by atoms with Crippen molar-refractivity contribution in [1.82, 2.24) is 9.88 Å². The number of hydrogen-bond acceptors (Lipinski definition) is 6. The third-order valence-corrected chi connectivity index (χ3v) is 6.99. The number of nitrogens with zero attached hydrogens (tertiary/aromatic N) is 1. The average Bonchev–Trinajstić information content (AvgIpc) is 3.12. The molecule has 8 nitrogen and oxygen atoms in total. The van der Waals surface area contributed by atoms with E-state index in [4.69, 9.17) is 0 Å². The molecule has 3 aromatic rings. The van der Waals surface area contributed by atoms with E-state index in [0.717, 1.165) is 0 Å². The van der Waals surface area contributed by atoms with Gasteiger partial charge in [-0.25, -0.2) is 17.2 Å². The van der Waals surface area contributed by atoms with Gasteiger partial charge in [0.2, 0.25) is 0 Å². The van der Waals surface area contributed by atoms with Crippen molar-refractivity contribution in [3.63, 3.8) is 0 Å². The van der Waals surface area contributed by atoms with Gasteiger partial charge in [-0.15, -0.1) is 0 Å². The molecule has 0 radical (unpaired) electrons. The molecule has 0 aliphatic heterocycles. The van der Waals surface area contributed by atoms with Gasteiger partial charge in [0.05, 0.1) is 29.7 Å². The topological polar surface area (TPSA) is 115 Å². The summed E-state index contributed by atoms with van der Waals surface area (Å²) < 4.78 is 59.0. The summed E-state index contributed by atoms with van der Waals surface area (Å²) in [5.41, 5.74) is 0.881. The molecule has 1 aromatic heterocycles. The Kier molecular flexibility index (Phi) is 7.37. The second-order valence-electron chi connectivity index (χ2n) is 7.68. The molecule has 0 unspecified atom stereocenters. The summed E-state index contributed by atoms with van der Waals surface area (Å²) in [6, 6.07) is 7.08. The normalized spacial score (nSPS) is 12.5. The fourth-order valence-corrected chi connectivity index (χ4v) is 4.67. The molecular formula is C23H24F2N2O6S. The van der Waals surface area contributed by atoms with Gasteiger partial charge in [-0.05, 0) is 49.2 Å². The zero-order valence-electron chi connectivity index (χ0n) is 18.8. The predicted octanol–water partition coefficient (Wildman–Crippen LogP) is 2.57. The van der Waals surface area contributed by atoms with Crippen LogP contribution < -0.4 is 5.32 Å². The van der Waals surface area contributed by atoms with Crippen LogP contribution in [0, 0.1) is 18.6 Å². The number of aryl methyl sites for hydroxylation is 2. The highest BCUT2D eigenvalue weighted by atomic mass is 32.2. The van der Waals surface area contributed by atoms with E-state index >= 15 is 0 Å². The smallest absolute Gasteiger partial charge is 0.321 e. The molecule has 1 heterocycles. The molecule has 0 aliphatic carbocycles. The number of amides is 1. The maximum absolute atomic E-state index is 14.3. The van der Waals surface area contributed by atoms with E-state index < -0.39 is 51.7 Å². The zero-order chi connectivity index (χ0) is 25.2. The van der Waals surface area contributed by atoms with Crippen LogP contribution in [0.4, 0.5) is 8.78 Å². The molecule has 0 saturated carbocycles. The van der Waals surface area contributed by atoms with Gasteiger partial charge in [-0.1, -0.05) is 12.1 Å². The number of aliphatic hydroxyl groups excluding tert-OH is 1. The fourth-order valence-electron chi connectivity index (χ4n) is 3.56. The minimum atomic E-state index is -3.92. The summed E-state index contributed by atoms with van der Waals surface area (Å²) in [6.07, 6.45) is 0. The lowest BCUT2D eigenvalue weighted by Gasteiger charge is -2.17. The first kappa shape index (κ1) is 25.3. The molecule has 11 heteroatoms. The average molecular weight is 495 g/mol. The number of aliphatic hydroxyl groups is 1. The zero-order valence-corrected chi connectivity index (χ0v) is 19.6. The lowest BCUT2D eigenvalue weighted by atomic mass is 10.1. The standard InChI is InChI=1S/C23H24F2N2O6S/c1-4-33-20(29)12-34(31,32)15-7-5-14(6-8-15)17(11-28)26-23(30)19-10-16-18(27(19)3)9-13(2)21(24)22(16)25/h5-10,17,28H,4,11-12H2,1-3H3,(H,26,30)/t17-/m1/s1. The molecule has 1 atom stereocenters. The third kappa shape index (κ3) is 4.95. The second-order valence-corrected chi connectivity index (χ2v) is 9.67. The van der Waals surface area contributed by atoms with Crippen molar-refractivity contribution in [2.75, 3.05) is 19.0 Å². The summed E-state index contributed by atoms with van der Waals surface area (Å²) in [6.45, 7) is 2.54. The molecule has 0 aliphatic rings. The van der Waals surface area contributed by atoms with E-state index in [0.29, 0.717) is 11.1 Å². The van der Waals surface area contributed by atoms with Gasteiger partial charge in [0.15, 0.2) is 27.2 Å². The molecule has 0 fully saturated rings. The minimum absolute atomic E-state index is 0.0472. The first-order chi connectivity index (χ1) is 16.0. The molecule has 1 amide bonds. The lowest BCUT2D eigenvalue weighted by molar-refractivity contribution is -0.139. The Balaban J connectivity index is 1.83. The van der Waals surface area contributed by atoms with Crippen molar-refractivity contribution in [3.05, 3.63) is 64.9 Å². The van der Waals surface area contributed by atoms with E-state index in [2.05, 4.69) is 10.1 Å². The van der Waals surface area contributed by atoms with Crippen molar-refractivity contribution in [2.24, 2.45) is 7.05 Å². The van der Waals surface area contributed by atoms with Crippen LogP contribution in [-0.2, 0) is 26.4 Å². The molecule has 2 N–H and O–H groups in total. The van der Waals surface area contributed by atoms with Gasteiger partial charge in [0.25, 0.3) is 5.91 Å². The Morgan fingerprint density at radius 2 is 1.79 bits per heavy atom. The van der Waals surface area contributed by atoms with Crippen LogP contribution in [0.1, 0.15) is 34.6 Å². The van der Waals surface area contributed by atoms with Crippen LogP contribution in [0.15, 0.2) is 41.3 Å². The van der Waals surface area contributed by atoms with Crippen molar-refractivity contribution >= 4 is 32.6 Å². The van der Waals surface area contributed by atoms with Gasteiger partial charge in [-0.3, -0.25) is 9.59 Å². The highest BCUT2D eigenvalue weighted by Gasteiger charge is 2.23. The quantitative estimate of drug-likeness (QED) is 0.465. The van der Waals surface area contributed by atoms with Gasteiger partial charge >= 0.3 is 5.97 Å². The molecule has 0 bridgehead atoms. The number of esters is 1. The highest BCUT2D eigenvalue weighted by Crippen LogP contribution is 2.27. The Hall–Kier alpha value is -3.31. The number of aromatic nitrogens is 1. The third-order valence-electron chi connectivity index (χ3n) is 5.38. The summed E-state index contributed by atoms with van der Waals surface area (Å²) in [7, 11) is -2.39. The number of carbonyl (C=O) groups is 2. The van der Waals surface area contributed by atoms with Crippen molar-refractivity contribution in [1.29, 1.82) is 0 Å². The van der Waals surface area contributed by atoms with Crippen LogP contribution in [0.5, 0.6) is 0 Å². The fraction of sp³-hybridized carbons (Fsp3) is 0.304. The van der Waals surface area contributed by atoms with E-state index in [-0.39, 0.29) is 28.1 Å². The summed E-state index contributed by atoms with van der Waals surface area (Å²) in [4.78, 5) is 24.3. The molecular weight excluding hydrogens is 470 g/mol. The molecule has 182 valence electrons. The number of fused-ring (bicyclic) bond motifs is 1. The lowest BCUT2D eigenvalue weighted by Crippen LogP contribution is -2.32. The van der Waals surface area contributed by atoms with Crippen LogP contribution in [-0.4, -0.2) is 48.9 Å². The second kappa shape index (κ2) is 9.90. The van der Waals surface area contributed by atoms with Crippen LogP contribution >= 0.6 is 0 Å². The maximum Gasteiger partial charge on any atom is 0.321 e. The molecule has 3 rings (SSSR count). The largest absolute Gasteiger partial charge is 0.465 e. The Bertz CT molecular complexity index is 1350. The van der Waals surface area contributed by atoms with Crippen molar-refractivity contribution < 1.29 is 36.6 Å². The van der Waals surface area contributed by atoms with Gasteiger partial charge in [0.1, 0.15) is 5.69 Å². The Labute approximate surface area is 195 Å². The number of nitrogens with one attached hydrogen (secondary N) is 1. The maximum atomic E-state index is 14.3. The van der Waals surface area contributed by atoms with E-state index in [1.165, 1.54) is 54.9 Å². The molecule has 34 heavy (non-hydrogen) atoms. The first-order valence-electron chi connectivity index (χ1n) is 10.3. The van der Waals surface area contributed by atoms with E-state index in [1.54, 1.807) is 6.92 Å². The highest BCUT2D eigenvalue weighted by molar-refractivity contribution is 7.92. The van der Waals surface area contributed by atoms with Gasteiger partial charge in [-0.2, -0.15) is 0 Å². The number of ether oxygens (including phenoxy) is 1. The summed E-state index contributed by atoms with van der Waals surface area (Å²) in [5, 5.41) is 12.4. The molecule has 2 aromatic carbocycles. The predicted molar refractivity (Wildman–Crippen MR) is 120 cm³/mol. The number of hydrogen-bond donors (Lipinski definition) is 2. The van der Waals surface area contributed by atoms with Crippen LogP contribution in [0.2, 0.25) is 0 Å². The van der Waals surface area contributed by atoms with E-state index in [9.17, 15) is 31.9 Å². The number of rotatable bonds is 8. The van der Waals surface area contributed by atoms with E-state index in [1.807, 2.05) is 0 Å². The number of carbonyl (C=O) groups excluding carboxylic acids is 2.